The first-order valence-electron chi connectivity index (χ1n) is 8.50. The molecule has 0 aliphatic heterocycles. The summed E-state index contributed by atoms with van der Waals surface area (Å²) in [6.45, 7) is 7.69. The Kier molecular flexibility index (Phi) is 14.0. The van der Waals surface area contributed by atoms with Gasteiger partial charge in [-0.05, 0) is 20.7 Å². The van der Waals surface area contributed by atoms with Gasteiger partial charge in [-0.2, -0.15) is 0 Å². The van der Waals surface area contributed by atoms with Crippen LogP contribution in [0, 0.1) is 0 Å². The molecule has 17 heteroatoms. The van der Waals surface area contributed by atoms with E-state index < -0.39 is 37.3 Å². The Morgan fingerprint density at radius 1 is 0.464 bits per heavy atom. The molecule has 0 saturated carbocycles. The smallest absolute Gasteiger partial charge is 0.126 e. The molecule has 4 atom stereocenters. The van der Waals surface area contributed by atoms with Gasteiger partial charge in [0.25, 0.3) is 0 Å². The van der Waals surface area contributed by atoms with Crippen molar-refractivity contribution in [3.8, 4) is 0 Å². The SMILES string of the molecule is CCC([Si](Cl)(Cl)Cl)[Si](C(C)[Si](Cl)(Cl)Cl)(C(CC)[Si](Cl)(Cl)Cl)C(CC)[Si](Cl)(Cl)Cl. The zero-order chi connectivity index (χ0) is 22.9. The van der Waals surface area contributed by atoms with Gasteiger partial charge in [0.2, 0.25) is 0 Å². The Hall–Kier alpha value is 4.56. The lowest BCUT2D eigenvalue weighted by molar-refractivity contribution is 0.810. The fraction of sp³-hybridized carbons (Fsp3) is 1.00. The van der Waals surface area contributed by atoms with Gasteiger partial charge < -0.3 is 0 Å². The molecule has 0 radical (unpaired) electrons. The lowest BCUT2D eigenvalue weighted by Crippen LogP contribution is -2.66. The third-order valence-corrected chi connectivity index (χ3v) is 44.2. The van der Waals surface area contributed by atoms with Crippen LogP contribution in [-0.2, 0) is 0 Å². The van der Waals surface area contributed by atoms with Gasteiger partial charge in [-0.3, -0.25) is 0 Å². The van der Waals surface area contributed by atoms with Gasteiger partial charge >= 0.3 is 24.0 Å². The largest absolute Gasteiger partial charge is 0.341 e. The van der Waals surface area contributed by atoms with Crippen LogP contribution in [0.4, 0.5) is 0 Å². The van der Waals surface area contributed by atoms with E-state index in [0.29, 0.717) is 19.3 Å². The Balaban J connectivity index is 7.51. The lowest BCUT2D eigenvalue weighted by Gasteiger charge is -2.57. The maximum absolute atomic E-state index is 6.64. The van der Waals surface area contributed by atoms with Gasteiger partial charge in [0.1, 0.15) is 0 Å². The van der Waals surface area contributed by atoms with Gasteiger partial charge in [-0.25, -0.2) is 0 Å². The Morgan fingerprint density at radius 3 is 0.786 bits per heavy atom. The Bertz CT molecular complexity index is 441. The van der Waals surface area contributed by atoms with E-state index in [1.807, 2.05) is 27.7 Å². The van der Waals surface area contributed by atoms with Crippen molar-refractivity contribution < 1.29 is 0 Å². The van der Waals surface area contributed by atoms with Gasteiger partial charge in [-0.15, -0.1) is 133 Å². The minimum absolute atomic E-state index is 0.385. The topological polar surface area (TPSA) is 0 Å². The van der Waals surface area contributed by atoms with Crippen LogP contribution in [0.5, 0.6) is 0 Å². The van der Waals surface area contributed by atoms with Crippen LogP contribution >= 0.6 is 133 Å². The van der Waals surface area contributed by atoms with Crippen molar-refractivity contribution in [2.75, 3.05) is 0 Å². The molecule has 0 aromatic rings. The molecule has 0 saturated heterocycles. The number of hydrogen-bond donors (Lipinski definition) is 0. The van der Waals surface area contributed by atoms with Crippen LogP contribution in [0.25, 0.3) is 0 Å². The average Bonchev–Trinajstić information content (AvgIpc) is 2.42. The third-order valence-electron chi connectivity index (χ3n) is 5.46. The third kappa shape index (κ3) is 7.79. The van der Waals surface area contributed by atoms with Gasteiger partial charge in [-0.1, -0.05) is 47.0 Å². The summed E-state index contributed by atoms with van der Waals surface area (Å²) in [5.41, 5.74) is 0. The molecule has 0 aromatic heterocycles. The molecule has 0 aliphatic rings. The van der Waals surface area contributed by atoms with Crippen LogP contribution in [0.2, 0.25) is 20.7 Å². The van der Waals surface area contributed by atoms with E-state index in [1.165, 1.54) is 0 Å². The van der Waals surface area contributed by atoms with Crippen LogP contribution in [0.15, 0.2) is 0 Å². The van der Waals surface area contributed by atoms with Crippen LogP contribution < -0.4 is 0 Å². The highest BCUT2D eigenvalue weighted by atomic mass is 35.9. The second kappa shape index (κ2) is 12.0. The molecule has 0 rings (SSSR count). The summed E-state index contributed by atoms with van der Waals surface area (Å²) >= 11 is 79.5. The summed E-state index contributed by atoms with van der Waals surface area (Å²) in [5, 5.41) is -1.59. The van der Waals surface area contributed by atoms with Crippen molar-refractivity contribution in [2.24, 2.45) is 0 Å². The van der Waals surface area contributed by atoms with Crippen molar-refractivity contribution >= 4 is 165 Å². The molecule has 0 aromatic carbocycles. The van der Waals surface area contributed by atoms with Gasteiger partial charge in [0.05, 0.1) is 8.07 Å². The maximum atomic E-state index is 6.64. The molecule has 170 valence electrons. The van der Waals surface area contributed by atoms with E-state index in [9.17, 15) is 0 Å². The van der Waals surface area contributed by atoms with E-state index in [-0.39, 0.29) is 15.5 Å². The van der Waals surface area contributed by atoms with Crippen LogP contribution in [0.1, 0.15) is 47.0 Å². The fourth-order valence-electron chi connectivity index (χ4n) is 4.52. The molecule has 4 unspecified atom stereocenters. The van der Waals surface area contributed by atoms with E-state index in [0.717, 1.165) is 0 Å². The zero-order valence-corrected chi connectivity index (χ0v) is 29.5. The second-order valence-electron chi connectivity index (χ2n) is 6.77. The molecule has 0 N–H and O–H groups in total. The predicted molar refractivity (Wildman–Crippen MR) is 151 cm³/mol. The minimum atomic E-state index is -3.36. The molecule has 0 amide bonds. The normalized spacial score (nSPS) is 21.0. The molecule has 0 nitrogen and oxygen atoms in total. The maximum Gasteiger partial charge on any atom is 0.341 e. The highest BCUT2D eigenvalue weighted by molar-refractivity contribution is 7.74. The molecule has 0 fully saturated rings. The molecule has 28 heavy (non-hydrogen) atoms. The highest BCUT2D eigenvalue weighted by Gasteiger charge is 2.71. The minimum Gasteiger partial charge on any atom is -0.126 e. The van der Waals surface area contributed by atoms with Gasteiger partial charge in [0, 0.05) is 0 Å². The van der Waals surface area contributed by atoms with Crippen molar-refractivity contribution in [2.45, 2.75) is 67.6 Å². The quantitative estimate of drug-likeness (QED) is 0.147. The summed E-state index contributed by atoms with van der Waals surface area (Å²) in [6, 6.07) is -13.4. The summed E-state index contributed by atoms with van der Waals surface area (Å²) in [4.78, 5) is 0. The molecular formula is C11H22Cl12Si5. The van der Waals surface area contributed by atoms with Gasteiger partial charge in [0.15, 0.2) is 0 Å². The van der Waals surface area contributed by atoms with E-state index in [4.69, 9.17) is 133 Å². The molecule has 0 aliphatic carbocycles. The number of hydrogen-bond acceptors (Lipinski definition) is 0. The Morgan fingerprint density at radius 2 is 0.679 bits per heavy atom. The molecule has 0 bridgehead atoms. The first-order chi connectivity index (χ1) is 12.2. The average molecular weight is 720 g/mol. The summed E-state index contributed by atoms with van der Waals surface area (Å²) in [5.74, 6) is 0. The molecular weight excluding hydrogens is 698 g/mol. The van der Waals surface area contributed by atoms with E-state index in [1.54, 1.807) is 0 Å². The summed E-state index contributed by atoms with van der Waals surface area (Å²) in [6.07, 6.45) is 1.60. The first-order valence-corrected chi connectivity index (χ1v) is 31.3. The summed E-state index contributed by atoms with van der Waals surface area (Å²) in [7, 11) is -3.17. The van der Waals surface area contributed by atoms with Crippen molar-refractivity contribution in [3.05, 3.63) is 0 Å². The highest BCUT2D eigenvalue weighted by Crippen LogP contribution is 2.67. The van der Waals surface area contributed by atoms with Crippen LogP contribution in [0.3, 0.4) is 0 Å². The van der Waals surface area contributed by atoms with E-state index in [2.05, 4.69) is 0 Å². The summed E-state index contributed by atoms with van der Waals surface area (Å²) < 4.78 is 0. The lowest BCUT2D eigenvalue weighted by atomic mass is 10.5. The van der Waals surface area contributed by atoms with Crippen molar-refractivity contribution in [3.63, 3.8) is 0 Å². The number of halogens is 12. The van der Waals surface area contributed by atoms with Crippen LogP contribution in [-0.4, -0.2) is 32.1 Å². The monoisotopic (exact) mass is 714 g/mol. The van der Waals surface area contributed by atoms with Crippen molar-refractivity contribution in [1.82, 2.24) is 0 Å². The number of rotatable bonds is 11. The first kappa shape index (κ1) is 32.6. The standard InChI is InChI=1S/C11H22Cl12Si5/c1-5-9(26(15,16)17)24(8(4)25(12,13)14,10(6-2)27(18,19)20)11(7-3)28(21,22)23/h8-11H,5-7H2,1-4H3. The second-order valence-corrected chi connectivity index (χ2v) is 49.8. The Labute approximate surface area is 229 Å². The fourth-order valence-corrected chi connectivity index (χ4v) is 55.6. The van der Waals surface area contributed by atoms with Crippen molar-refractivity contribution in [1.29, 1.82) is 0 Å². The predicted octanol–water partition coefficient (Wildman–Crippen LogP) is 10.9. The zero-order valence-electron chi connectivity index (χ0n) is 15.5. The van der Waals surface area contributed by atoms with E-state index >= 15 is 0 Å². The molecule has 0 spiro atoms. The molecule has 0 heterocycles.